The number of ether oxygens (including phenoxy) is 1. The Kier molecular flexibility index (Phi) is 4.03. The van der Waals surface area contributed by atoms with Gasteiger partial charge in [0.1, 0.15) is 17.2 Å². The SMILES string of the molecule is CCCc1ncc(C(=O)OC)c(NC)n1. The predicted molar refractivity (Wildman–Crippen MR) is 56.9 cm³/mol. The lowest BCUT2D eigenvalue weighted by Crippen LogP contribution is -2.10. The summed E-state index contributed by atoms with van der Waals surface area (Å²) in [6, 6.07) is 0. The fourth-order valence-electron chi connectivity index (χ4n) is 1.21. The molecule has 0 unspecified atom stereocenters. The molecule has 0 saturated carbocycles. The number of rotatable bonds is 4. The van der Waals surface area contributed by atoms with Gasteiger partial charge in [-0.3, -0.25) is 0 Å². The molecular weight excluding hydrogens is 194 g/mol. The molecule has 5 nitrogen and oxygen atoms in total. The second-order valence-electron chi connectivity index (χ2n) is 3.04. The van der Waals surface area contributed by atoms with Crippen LogP contribution in [-0.4, -0.2) is 30.1 Å². The summed E-state index contributed by atoms with van der Waals surface area (Å²) < 4.78 is 4.62. The van der Waals surface area contributed by atoms with Crippen LogP contribution >= 0.6 is 0 Å². The zero-order valence-electron chi connectivity index (χ0n) is 9.20. The first kappa shape index (κ1) is 11.4. The number of aromatic nitrogens is 2. The minimum atomic E-state index is -0.428. The van der Waals surface area contributed by atoms with Crippen molar-refractivity contribution in [2.24, 2.45) is 0 Å². The summed E-state index contributed by atoms with van der Waals surface area (Å²) in [4.78, 5) is 19.6. The molecule has 0 aliphatic carbocycles. The second-order valence-corrected chi connectivity index (χ2v) is 3.04. The Balaban J connectivity index is 3.03. The summed E-state index contributed by atoms with van der Waals surface area (Å²) in [5, 5.41) is 2.86. The van der Waals surface area contributed by atoms with Crippen LogP contribution in [0.4, 0.5) is 5.82 Å². The Morgan fingerprint density at radius 1 is 1.60 bits per heavy atom. The van der Waals surface area contributed by atoms with Gasteiger partial charge in [-0.05, 0) is 6.42 Å². The Labute approximate surface area is 88.9 Å². The van der Waals surface area contributed by atoms with Crippen LogP contribution in [0.5, 0.6) is 0 Å². The molecule has 1 heterocycles. The normalized spacial score (nSPS) is 9.80. The van der Waals surface area contributed by atoms with Gasteiger partial charge in [-0.15, -0.1) is 0 Å². The van der Waals surface area contributed by atoms with Crippen LogP contribution in [-0.2, 0) is 11.2 Å². The fraction of sp³-hybridized carbons (Fsp3) is 0.500. The molecule has 0 amide bonds. The molecule has 1 N–H and O–H groups in total. The maximum Gasteiger partial charge on any atom is 0.343 e. The summed E-state index contributed by atoms with van der Waals surface area (Å²) in [5.41, 5.74) is 0.361. The molecule has 0 bridgehead atoms. The number of carbonyl (C=O) groups excluding carboxylic acids is 1. The number of anilines is 1. The average molecular weight is 209 g/mol. The van der Waals surface area contributed by atoms with Crippen LogP contribution in [0.1, 0.15) is 29.5 Å². The molecule has 0 aliphatic heterocycles. The van der Waals surface area contributed by atoms with E-state index in [-0.39, 0.29) is 0 Å². The third-order valence-electron chi connectivity index (χ3n) is 1.95. The van der Waals surface area contributed by atoms with Crippen LogP contribution in [0.2, 0.25) is 0 Å². The minimum Gasteiger partial charge on any atom is -0.465 e. The highest BCUT2D eigenvalue weighted by Crippen LogP contribution is 2.12. The zero-order chi connectivity index (χ0) is 11.3. The van der Waals surface area contributed by atoms with Crippen LogP contribution < -0.4 is 5.32 Å². The van der Waals surface area contributed by atoms with Gasteiger partial charge in [0.25, 0.3) is 0 Å². The number of carbonyl (C=O) groups is 1. The van der Waals surface area contributed by atoms with E-state index in [1.807, 2.05) is 0 Å². The van der Waals surface area contributed by atoms with Gasteiger partial charge in [0.2, 0.25) is 0 Å². The molecule has 0 atom stereocenters. The molecule has 0 radical (unpaired) electrons. The lowest BCUT2D eigenvalue weighted by atomic mass is 10.2. The maximum atomic E-state index is 11.3. The first-order valence-electron chi connectivity index (χ1n) is 4.84. The number of methoxy groups -OCH3 is 1. The van der Waals surface area contributed by atoms with E-state index in [1.54, 1.807) is 7.05 Å². The van der Waals surface area contributed by atoms with Gasteiger partial charge in [-0.2, -0.15) is 0 Å². The van der Waals surface area contributed by atoms with Gasteiger partial charge in [0, 0.05) is 19.7 Å². The van der Waals surface area contributed by atoms with Gasteiger partial charge in [-0.25, -0.2) is 14.8 Å². The van der Waals surface area contributed by atoms with Crippen LogP contribution in [0.3, 0.4) is 0 Å². The second kappa shape index (κ2) is 5.29. The van der Waals surface area contributed by atoms with Crippen molar-refractivity contribution in [1.82, 2.24) is 9.97 Å². The first-order chi connectivity index (χ1) is 7.22. The fourth-order valence-corrected chi connectivity index (χ4v) is 1.21. The van der Waals surface area contributed by atoms with Crippen LogP contribution in [0, 0.1) is 0 Å². The Morgan fingerprint density at radius 2 is 2.33 bits per heavy atom. The Bertz CT molecular complexity index is 353. The van der Waals surface area contributed by atoms with E-state index in [1.165, 1.54) is 13.3 Å². The number of esters is 1. The quantitative estimate of drug-likeness (QED) is 0.756. The average Bonchev–Trinajstić information content (AvgIpc) is 2.28. The summed E-state index contributed by atoms with van der Waals surface area (Å²) in [7, 11) is 3.05. The summed E-state index contributed by atoms with van der Waals surface area (Å²) in [6.45, 7) is 2.05. The molecule has 0 saturated heterocycles. The van der Waals surface area contributed by atoms with E-state index >= 15 is 0 Å². The molecule has 5 heteroatoms. The number of nitrogens with one attached hydrogen (secondary N) is 1. The number of hydrogen-bond acceptors (Lipinski definition) is 5. The van der Waals surface area contributed by atoms with E-state index in [0.717, 1.165) is 18.7 Å². The largest absolute Gasteiger partial charge is 0.465 e. The van der Waals surface area contributed by atoms with Crippen LogP contribution in [0.15, 0.2) is 6.20 Å². The van der Waals surface area contributed by atoms with Crippen molar-refractivity contribution < 1.29 is 9.53 Å². The number of aryl methyl sites for hydroxylation is 1. The highest BCUT2D eigenvalue weighted by molar-refractivity contribution is 5.94. The standard InChI is InChI=1S/C10H15N3O2/c1-4-5-8-12-6-7(10(14)15-3)9(11-2)13-8/h6H,4-5H2,1-3H3,(H,11,12,13). The molecule has 1 aromatic rings. The molecule has 15 heavy (non-hydrogen) atoms. The molecule has 1 aromatic heterocycles. The van der Waals surface area contributed by atoms with Crippen LogP contribution in [0.25, 0.3) is 0 Å². The Hall–Kier alpha value is -1.65. The molecule has 82 valence electrons. The van der Waals surface area contributed by atoms with Crippen molar-refractivity contribution >= 4 is 11.8 Å². The van der Waals surface area contributed by atoms with Gasteiger partial charge < -0.3 is 10.1 Å². The number of nitrogens with zero attached hydrogens (tertiary/aromatic N) is 2. The van der Waals surface area contributed by atoms with E-state index in [0.29, 0.717) is 11.4 Å². The Morgan fingerprint density at radius 3 is 2.87 bits per heavy atom. The van der Waals surface area contributed by atoms with Crippen molar-refractivity contribution in [3.8, 4) is 0 Å². The monoisotopic (exact) mass is 209 g/mol. The smallest absolute Gasteiger partial charge is 0.343 e. The molecular formula is C10H15N3O2. The van der Waals surface area contributed by atoms with E-state index in [2.05, 4.69) is 26.9 Å². The van der Waals surface area contributed by atoms with E-state index < -0.39 is 5.97 Å². The lowest BCUT2D eigenvalue weighted by molar-refractivity contribution is 0.0601. The topological polar surface area (TPSA) is 64.1 Å². The molecule has 0 aliphatic rings. The van der Waals surface area contributed by atoms with Gasteiger partial charge in [-0.1, -0.05) is 6.92 Å². The molecule has 0 fully saturated rings. The van der Waals surface area contributed by atoms with Crippen molar-refractivity contribution in [1.29, 1.82) is 0 Å². The third kappa shape index (κ3) is 2.65. The van der Waals surface area contributed by atoms with Gasteiger partial charge in [0.05, 0.1) is 7.11 Å². The van der Waals surface area contributed by atoms with Crippen molar-refractivity contribution in [2.45, 2.75) is 19.8 Å². The van der Waals surface area contributed by atoms with E-state index in [9.17, 15) is 4.79 Å². The highest BCUT2D eigenvalue weighted by atomic mass is 16.5. The van der Waals surface area contributed by atoms with E-state index in [4.69, 9.17) is 0 Å². The molecule has 0 spiro atoms. The number of hydrogen-bond donors (Lipinski definition) is 1. The first-order valence-corrected chi connectivity index (χ1v) is 4.84. The predicted octanol–water partition coefficient (Wildman–Crippen LogP) is 1.26. The maximum absolute atomic E-state index is 11.3. The van der Waals surface area contributed by atoms with Crippen molar-refractivity contribution in [2.75, 3.05) is 19.5 Å². The van der Waals surface area contributed by atoms with Crippen molar-refractivity contribution in [3.05, 3.63) is 17.6 Å². The summed E-state index contributed by atoms with van der Waals surface area (Å²) in [6.07, 6.45) is 3.27. The van der Waals surface area contributed by atoms with Gasteiger partial charge in [0.15, 0.2) is 0 Å². The summed E-state index contributed by atoms with van der Waals surface area (Å²) >= 11 is 0. The highest BCUT2D eigenvalue weighted by Gasteiger charge is 2.13. The lowest BCUT2D eigenvalue weighted by Gasteiger charge is -2.07. The zero-order valence-corrected chi connectivity index (χ0v) is 9.20. The molecule has 0 aromatic carbocycles. The third-order valence-corrected chi connectivity index (χ3v) is 1.95. The molecule has 1 rings (SSSR count). The van der Waals surface area contributed by atoms with Gasteiger partial charge >= 0.3 is 5.97 Å². The minimum absolute atomic E-state index is 0.361. The van der Waals surface area contributed by atoms with Crippen molar-refractivity contribution in [3.63, 3.8) is 0 Å². The summed E-state index contributed by atoms with van der Waals surface area (Å²) in [5.74, 6) is 0.817.